The second-order valence-corrected chi connectivity index (χ2v) is 5.79. The molecule has 0 radical (unpaired) electrons. The van der Waals surface area contributed by atoms with Crippen LogP contribution in [0.1, 0.15) is 11.3 Å². The van der Waals surface area contributed by atoms with Gasteiger partial charge in [-0.1, -0.05) is 30.3 Å². The molecule has 0 bridgehead atoms. The molecule has 0 aliphatic rings. The summed E-state index contributed by atoms with van der Waals surface area (Å²) in [5, 5.41) is 3.20. The number of aromatic nitrogens is 3. The highest BCUT2D eigenvalue weighted by molar-refractivity contribution is 7.13. The summed E-state index contributed by atoms with van der Waals surface area (Å²) in [5.74, 6) is 0. The molecule has 0 amide bonds. The summed E-state index contributed by atoms with van der Waals surface area (Å²) in [4.78, 5) is 15.0. The molecular weight excluding hydrogens is 280 g/mol. The van der Waals surface area contributed by atoms with E-state index >= 15 is 0 Å². The SMILES string of the molecule is CN(Cc1cncnc1)Cc1csc(-c2ccccc2)n1. The van der Waals surface area contributed by atoms with Gasteiger partial charge in [-0.15, -0.1) is 11.3 Å². The van der Waals surface area contributed by atoms with Gasteiger partial charge in [0, 0.05) is 42.0 Å². The molecule has 0 atom stereocenters. The number of nitrogens with zero attached hydrogens (tertiary/aromatic N) is 4. The van der Waals surface area contributed by atoms with Gasteiger partial charge in [0.1, 0.15) is 11.3 Å². The van der Waals surface area contributed by atoms with Crippen molar-refractivity contribution in [3.8, 4) is 10.6 Å². The Morgan fingerprint density at radius 3 is 2.57 bits per heavy atom. The van der Waals surface area contributed by atoms with Crippen LogP contribution in [0.15, 0.2) is 54.4 Å². The Bertz CT molecular complexity index is 682. The molecular formula is C16H16N4S. The minimum atomic E-state index is 0.818. The zero-order valence-electron chi connectivity index (χ0n) is 11.8. The molecule has 0 aliphatic carbocycles. The molecule has 1 aromatic carbocycles. The van der Waals surface area contributed by atoms with Crippen molar-refractivity contribution >= 4 is 11.3 Å². The molecule has 2 heterocycles. The number of thiazole rings is 1. The lowest BCUT2D eigenvalue weighted by atomic mass is 10.2. The van der Waals surface area contributed by atoms with Gasteiger partial charge in [0.2, 0.25) is 0 Å². The second kappa shape index (κ2) is 6.56. The standard InChI is InChI=1S/C16H16N4S/c1-20(9-13-7-17-12-18-8-13)10-15-11-21-16(19-15)14-5-3-2-4-6-14/h2-8,11-12H,9-10H2,1H3. The topological polar surface area (TPSA) is 41.9 Å². The van der Waals surface area contributed by atoms with Gasteiger partial charge < -0.3 is 0 Å². The maximum atomic E-state index is 4.71. The van der Waals surface area contributed by atoms with E-state index < -0.39 is 0 Å². The van der Waals surface area contributed by atoms with Crippen molar-refractivity contribution in [2.24, 2.45) is 0 Å². The lowest BCUT2D eigenvalue weighted by Crippen LogP contribution is -2.17. The summed E-state index contributed by atoms with van der Waals surface area (Å²) in [6.45, 7) is 1.64. The van der Waals surface area contributed by atoms with Gasteiger partial charge in [-0.25, -0.2) is 15.0 Å². The lowest BCUT2D eigenvalue weighted by Gasteiger charge is -2.14. The first-order chi connectivity index (χ1) is 10.3. The Balaban J connectivity index is 1.65. The minimum absolute atomic E-state index is 0.818. The molecule has 3 aromatic rings. The predicted molar refractivity (Wildman–Crippen MR) is 84.8 cm³/mol. The van der Waals surface area contributed by atoms with E-state index in [0.29, 0.717) is 0 Å². The molecule has 106 valence electrons. The highest BCUT2D eigenvalue weighted by Gasteiger charge is 2.07. The van der Waals surface area contributed by atoms with Gasteiger partial charge >= 0.3 is 0 Å². The van der Waals surface area contributed by atoms with Crippen LogP contribution in [0.2, 0.25) is 0 Å². The van der Waals surface area contributed by atoms with E-state index in [1.807, 2.05) is 30.6 Å². The molecule has 0 saturated carbocycles. The number of hydrogen-bond donors (Lipinski definition) is 0. The van der Waals surface area contributed by atoms with Crippen LogP contribution in [0.3, 0.4) is 0 Å². The quantitative estimate of drug-likeness (QED) is 0.725. The molecule has 4 nitrogen and oxygen atoms in total. The Morgan fingerprint density at radius 1 is 1.05 bits per heavy atom. The van der Waals surface area contributed by atoms with E-state index in [2.05, 4.69) is 39.4 Å². The van der Waals surface area contributed by atoms with Crippen LogP contribution >= 0.6 is 11.3 Å². The molecule has 0 fully saturated rings. The lowest BCUT2D eigenvalue weighted by molar-refractivity contribution is 0.315. The van der Waals surface area contributed by atoms with Gasteiger partial charge in [-0.05, 0) is 7.05 Å². The first kappa shape index (κ1) is 13.9. The van der Waals surface area contributed by atoms with Crippen molar-refractivity contribution in [2.75, 3.05) is 7.05 Å². The third-order valence-electron chi connectivity index (χ3n) is 3.07. The summed E-state index contributed by atoms with van der Waals surface area (Å²) in [6, 6.07) is 10.3. The highest BCUT2D eigenvalue weighted by Crippen LogP contribution is 2.23. The number of rotatable bonds is 5. The first-order valence-corrected chi connectivity index (χ1v) is 7.61. The maximum Gasteiger partial charge on any atom is 0.123 e. The van der Waals surface area contributed by atoms with Gasteiger partial charge in [0.15, 0.2) is 0 Å². The van der Waals surface area contributed by atoms with Gasteiger partial charge in [-0.3, -0.25) is 4.90 Å². The number of hydrogen-bond acceptors (Lipinski definition) is 5. The molecule has 0 N–H and O–H groups in total. The normalized spacial score (nSPS) is 11.0. The maximum absolute atomic E-state index is 4.71. The molecule has 5 heteroatoms. The van der Waals surface area contributed by atoms with Crippen LogP contribution in [0.4, 0.5) is 0 Å². The van der Waals surface area contributed by atoms with Crippen LogP contribution in [-0.2, 0) is 13.1 Å². The van der Waals surface area contributed by atoms with Crippen LogP contribution in [0.25, 0.3) is 10.6 Å². The van der Waals surface area contributed by atoms with E-state index in [9.17, 15) is 0 Å². The summed E-state index contributed by atoms with van der Waals surface area (Å²) >= 11 is 1.69. The smallest absolute Gasteiger partial charge is 0.123 e. The fourth-order valence-corrected chi connectivity index (χ4v) is 2.97. The van der Waals surface area contributed by atoms with Crippen LogP contribution in [-0.4, -0.2) is 26.9 Å². The van der Waals surface area contributed by atoms with Gasteiger partial charge in [0.25, 0.3) is 0 Å². The van der Waals surface area contributed by atoms with Crippen LogP contribution in [0.5, 0.6) is 0 Å². The van der Waals surface area contributed by atoms with Crippen LogP contribution < -0.4 is 0 Å². The Morgan fingerprint density at radius 2 is 1.81 bits per heavy atom. The fraction of sp³-hybridized carbons (Fsp3) is 0.188. The van der Waals surface area contributed by atoms with Gasteiger partial charge in [-0.2, -0.15) is 0 Å². The average molecular weight is 296 g/mol. The van der Waals surface area contributed by atoms with E-state index in [4.69, 9.17) is 4.98 Å². The fourth-order valence-electron chi connectivity index (χ4n) is 2.15. The Hall–Kier alpha value is -2.11. The second-order valence-electron chi connectivity index (χ2n) is 4.93. The molecule has 21 heavy (non-hydrogen) atoms. The van der Waals surface area contributed by atoms with Crippen molar-refractivity contribution in [3.05, 3.63) is 65.7 Å². The van der Waals surface area contributed by atoms with Crippen molar-refractivity contribution in [3.63, 3.8) is 0 Å². The van der Waals surface area contributed by atoms with E-state index in [1.165, 1.54) is 5.56 Å². The third-order valence-corrected chi connectivity index (χ3v) is 4.01. The molecule has 0 saturated heterocycles. The van der Waals surface area contributed by atoms with Crippen LogP contribution in [0, 0.1) is 0 Å². The summed E-state index contributed by atoms with van der Waals surface area (Å²) in [5.41, 5.74) is 3.38. The molecule has 2 aromatic heterocycles. The predicted octanol–water partition coefficient (Wildman–Crippen LogP) is 3.23. The largest absolute Gasteiger partial charge is 0.296 e. The first-order valence-electron chi connectivity index (χ1n) is 6.73. The van der Waals surface area contributed by atoms with E-state index in [0.717, 1.165) is 29.4 Å². The molecule has 0 spiro atoms. The molecule has 0 unspecified atom stereocenters. The third kappa shape index (κ3) is 3.71. The summed E-state index contributed by atoms with van der Waals surface area (Å²) < 4.78 is 0. The summed E-state index contributed by atoms with van der Waals surface area (Å²) in [6.07, 6.45) is 5.25. The monoisotopic (exact) mass is 296 g/mol. The van der Waals surface area contributed by atoms with Crippen molar-refractivity contribution in [2.45, 2.75) is 13.1 Å². The van der Waals surface area contributed by atoms with Crippen molar-refractivity contribution in [1.82, 2.24) is 19.9 Å². The van der Waals surface area contributed by atoms with Gasteiger partial charge in [0.05, 0.1) is 5.69 Å². The van der Waals surface area contributed by atoms with E-state index in [1.54, 1.807) is 17.7 Å². The van der Waals surface area contributed by atoms with Crippen molar-refractivity contribution in [1.29, 1.82) is 0 Å². The highest BCUT2D eigenvalue weighted by atomic mass is 32.1. The zero-order valence-corrected chi connectivity index (χ0v) is 12.6. The Kier molecular flexibility index (Phi) is 4.33. The Labute approximate surface area is 128 Å². The van der Waals surface area contributed by atoms with E-state index in [-0.39, 0.29) is 0 Å². The van der Waals surface area contributed by atoms with Crippen molar-refractivity contribution < 1.29 is 0 Å². The molecule has 3 rings (SSSR count). The number of benzene rings is 1. The summed E-state index contributed by atoms with van der Waals surface area (Å²) in [7, 11) is 2.08. The zero-order chi connectivity index (χ0) is 14.5. The minimum Gasteiger partial charge on any atom is -0.296 e. The molecule has 0 aliphatic heterocycles. The average Bonchev–Trinajstić information content (AvgIpc) is 2.97.